The van der Waals surface area contributed by atoms with Crippen LogP contribution in [-0.2, 0) is 0 Å². The zero-order chi connectivity index (χ0) is 15.2. The number of rotatable bonds is 6. The minimum Gasteiger partial charge on any atom is -0.494 e. The molecule has 21 heavy (non-hydrogen) atoms. The fourth-order valence-corrected chi connectivity index (χ4v) is 2.43. The first-order valence-electron chi connectivity index (χ1n) is 7.29. The van der Waals surface area contributed by atoms with Gasteiger partial charge >= 0.3 is 0 Å². The van der Waals surface area contributed by atoms with Gasteiger partial charge in [-0.25, -0.2) is 4.39 Å². The summed E-state index contributed by atoms with van der Waals surface area (Å²) in [6, 6.07) is 13.4. The Labute approximate surface area is 126 Å². The first kappa shape index (κ1) is 15.5. The van der Waals surface area contributed by atoms with Gasteiger partial charge in [-0.2, -0.15) is 0 Å². The predicted molar refractivity (Wildman–Crippen MR) is 84.3 cm³/mol. The second-order valence-corrected chi connectivity index (χ2v) is 5.20. The van der Waals surface area contributed by atoms with Crippen molar-refractivity contribution in [3.63, 3.8) is 0 Å². The van der Waals surface area contributed by atoms with E-state index in [4.69, 9.17) is 4.74 Å². The molecule has 1 N–H and O–H groups in total. The molecule has 0 saturated carbocycles. The maximum absolute atomic E-state index is 14.0. The monoisotopic (exact) mass is 287 g/mol. The van der Waals surface area contributed by atoms with Crippen molar-refractivity contribution in [1.82, 2.24) is 5.32 Å². The van der Waals surface area contributed by atoms with E-state index in [1.54, 1.807) is 12.1 Å². The van der Waals surface area contributed by atoms with Crippen LogP contribution in [0.3, 0.4) is 0 Å². The zero-order valence-corrected chi connectivity index (χ0v) is 12.8. The third-order valence-corrected chi connectivity index (χ3v) is 3.48. The van der Waals surface area contributed by atoms with Crippen LogP contribution in [0, 0.1) is 12.7 Å². The zero-order valence-electron chi connectivity index (χ0n) is 12.8. The van der Waals surface area contributed by atoms with E-state index in [0.717, 1.165) is 24.1 Å². The molecule has 1 atom stereocenters. The predicted octanol–water partition coefficient (Wildman–Crippen LogP) is 4.23. The largest absolute Gasteiger partial charge is 0.494 e. The highest BCUT2D eigenvalue weighted by molar-refractivity contribution is 5.37. The molecule has 2 rings (SSSR count). The number of hydrogen-bond acceptors (Lipinski definition) is 2. The van der Waals surface area contributed by atoms with Gasteiger partial charge in [0.2, 0.25) is 0 Å². The van der Waals surface area contributed by atoms with Crippen molar-refractivity contribution in [2.45, 2.75) is 26.3 Å². The highest BCUT2D eigenvalue weighted by atomic mass is 19.1. The van der Waals surface area contributed by atoms with E-state index in [2.05, 4.69) is 37.4 Å². The van der Waals surface area contributed by atoms with Crippen molar-refractivity contribution in [3.05, 3.63) is 65.0 Å². The smallest absolute Gasteiger partial charge is 0.165 e. The van der Waals surface area contributed by atoms with Crippen LogP contribution in [-0.4, -0.2) is 13.7 Å². The molecule has 0 radical (unpaired) electrons. The van der Waals surface area contributed by atoms with Gasteiger partial charge < -0.3 is 10.1 Å². The molecule has 2 aromatic rings. The lowest BCUT2D eigenvalue weighted by Gasteiger charge is -2.20. The molecule has 0 aliphatic rings. The van der Waals surface area contributed by atoms with Crippen molar-refractivity contribution in [2.24, 2.45) is 0 Å². The fourth-order valence-electron chi connectivity index (χ4n) is 2.43. The molecular formula is C18H22FNO. The van der Waals surface area contributed by atoms with Gasteiger partial charge in [0.05, 0.1) is 13.2 Å². The van der Waals surface area contributed by atoms with E-state index >= 15 is 0 Å². The van der Waals surface area contributed by atoms with E-state index in [1.807, 2.05) is 12.1 Å². The maximum Gasteiger partial charge on any atom is 0.165 e. The Kier molecular flexibility index (Phi) is 5.34. The molecule has 2 nitrogen and oxygen atoms in total. The average Bonchev–Trinajstić information content (AvgIpc) is 2.48. The lowest BCUT2D eigenvalue weighted by molar-refractivity contribution is 0.385. The molecule has 0 aromatic heterocycles. The lowest BCUT2D eigenvalue weighted by atomic mass is 9.97. The number of benzene rings is 2. The van der Waals surface area contributed by atoms with Crippen LogP contribution in [0.15, 0.2) is 42.5 Å². The minimum absolute atomic E-state index is 0.00902. The van der Waals surface area contributed by atoms with Gasteiger partial charge in [-0.1, -0.05) is 42.8 Å². The molecule has 112 valence electrons. The second-order valence-electron chi connectivity index (χ2n) is 5.20. The van der Waals surface area contributed by atoms with Crippen molar-refractivity contribution in [1.29, 1.82) is 0 Å². The number of aryl methyl sites for hydroxylation is 1. The van der Waals surface area contributed by atoms with Gasteiger partial charge in [0, 0.05) is 0 Å². The van der Waals surface area contributed by atoms with Gasteiger partial charge in [-0.15, -0.1) is 0 Å². The summed E-state index contributed by atoms with van der Waals surface area (Å²) in [7, 11) is 1.48. The topological polar surface area (TPSA) is 21.3 Å². The Morgan fingerprint density at radius 3 is 2.52 bits per heavy atom. The summed E-state index contributed by atoms with van der Waals surface area (Å²) in [6.45, 7) is 5.07. The SMILES string of the molecule is CCCNC(c1cccc(C)c1)c1ccc(OC)c(F)c1. The molecule has 0 fully saturated rings. The van der Waals surface area contributed by atoms with Crippen LogP contribution in [0.25, 0.3) is 0 Å². The highest BCUT2D eigenvalue weighted by Gasteiger charge is 2.15. The Hall–Kier alpha value is -1.87. The third kappa shape index (κ3) is 3.82. The molecule has 0 aliphatic carbocycles. The van der Waals surface area contributed by atoms with E-state index in [-0.39, 0.29) is 17.6 Å². The molecule has 3 heteroatoms. The van der Waals surface area contributed by atoms with Crippen molar-refractivity contribution in [2.75, 3.05) is 13.7 Å². The fraction of sp³-hybridized carbons (Fsp3) is 0.333. The lowest BCUT2D eigenvalue weighted by Crippen LogP contribution is -2.23. The molecule has 0 aliphatic heterocycles. The summed E-state index contributed by atoms with van der Waals surface area (Å²) in [4.78, 5) is 0. The van der Waals surface area contributed by atoms with E-state index in [0.29, 0.717) is 0 Å². The summed E-state index contributed by atoms with van der Waals surface area (Å²) >= 11 is 0. The number of nitrogens with one attached hydrogen (secondary N) is 1. The Balaban J connectivity index is 2.37. The Morgan fingerprint density at radius 1 is 1.14 bits per heavy atom. The van der Waals surface area contributed by atoms with Crippen LogP contribution in [0.1, 0.15) is 36.1 Å². The van der Waals surface area contributed by atoms with Crippen LogP contribution in [0.2, 0.25) is 0 Å². The number of methoxy groups -OCH3 is 1. The molecule has 0 spiro atoms. The van der Waals surface area contributed by atoms with Crippen molar-refractivity contribution >= 4 is 0 Å². The molecule has 1 unspecified atom stereocenters. The Bertz CT molecular complexity index is 598. The minimum atomic E-state index is -0.328. The molecule has 2 aromatic carbocycles. The van der Waals surface area contributed by atoms with Crippen LogP contribution >= 0.6 is 0 Å². The summed E-state index contributed by atoms with van der Waals surface area (Å²) in [5.41, 5.74) is 3.25. The summed E-state index contributed by atoms with van der Waals surface area (Å²) in [5.74, 6) is -0.0526. The summed E-state index contributed by atoms with van der Waals surface area (Å²) < 4.78 is 19.0. The van der Waals surface area contributed by atoms with Gasteiger partial charge in [0.15, 0.2) is 11.6 Å². The average molecular weight is 287 g/mol. The molecule has 0 heterocycles. The van der Waals surface area contributed by atoms with Gasteiger partial charge in [-0.05, 0) is 43.1 Å². The van der Waals surface area contributed by atoms with E-state index in [1.165, 1.54) is 12.7 Å². The van der Waals surface area contributed by atoms with Crippen molar-refractivity contribution < 1.29 is 9.13 Å². The number of ether oxygens (including phenoxy) is 1. The van der Waals surface area contributed by atoms with Gasteiger partial charge in [0.25, 0.3) is 0 Å². The first-order valence-corrected chi connectivity index (χ1v) is 7.29. The van der Waals surface area contributed by atoms with Crippen molar-refractivity contribution in [3.8, 4) is 5.75 Å². The number of hydrogen-bond donors (Lipinski definition) is 1. The summed E-state index contributed by atoms with van der Waals surface area (Å²) in [6.07, 6.45) is 1.03. The first-order chi connectivity index (χ1) is 10.2. The van der Waals surface area contributed by atoms with Crippen LogP contribution < -0.4 is 10.1 Å². The second kappa shape index (κ2) is 7.23. The van der Waals surface area contributed by atoms with Gasteiger partial charge in [0.1, 0.15) is 0 Å². The van der Waals surface area contributed by atoms with E-state index in [9.17, 15) is 4.39 Å². The summed E-state index contributed by atoms with van der Waals surface area (Å²) in [5, 5.41) is 3.49. The molecule has 0 bridgehead atoms. The maximum atomic E-state index is 14.0. The van der Waals surface area contributed by atoms with Crippen LogP contribution in [0.5, 0.6) is 5.75 Å². The standard InChI is InChI=1S/C18H22FNO/c1-4-10-20-18(14-7-5-6-13(2)11-14)15-8-9-17(21-3)16(19)12-15/h5-9,11-12,18,20H,4,10H2,1-3H3. The molecular weight excluding hydrogens is 265 g/mol. The Morgan fingerprint density at radius 2 is 1.90 bits per heavy atom. The molecule has 0 saturated heterocycles. The quantitative estimate of drug-likeness (QED) is 0.858. The number of halogens is 1. The normalized spacial score (nSPS) is 12.2. The van der Waals surface area contributed by atoms with Crippen LogP contribution in [0.4, 0.5) is 4.39 Å². The van der Waals surface area contributed by atoms with Gasteiger partial charge in [-0.3, -0.25) is 0 Å². The molecule has 0 amide bonds. The van der Waals surface area contributed by atoms with E-state index < -0.39 is 0 Å². The third-order valence-electron chi connectivity index (χ3n) is 3.48. The highest BCUT2D eigenvalue weighted by Crippen LogP contribution is 2.27.